The standard InChI is InChI=1S/C22H23F3N8O2/c23-22(24,25)15-10-27-19(28-11-15)30-16-2-1-6-32(13-16)20-29-12-17-18(26-5-9-33(17)20)14-3-7-31(8-4-14)21(34)35/h3,5,9-12,16H,1-2,4,6-8,13H2,(H,34,35)(H,27,28,30)/t16-/m1/s1. The smallest absolute Gasteiger partial charge is 0.419 e. The van der Waals surface area contributed by atoms with Crippen molar-refractivity contribution in [2.45, 2.75) is 31.5 Å². The molecule has 35 heavy (non-hydrogen) atoms. The van der Waals surface area contributed by atoms with Crippen molar-refractivity contribution < 1.29 is 23.1 Å². The summed E-state index contributed by atoms with van der Waals surface area (Å²) < 4.78 is 40.2. The molecular formula is C22H23F3N8O2. The lowest BCUT2D eigenvalue weighted by atomic mass is 10.0. The predicted octanol–water partition coefficient (Wildman–Crippen LogP) is 3.39. The van der Waals surface area contributed by atoms with E-state index in [9.17, 15) is 23.1 Å². The molecule has 1 fully saturated rings. The van der Waals surface area contributed by atoms with Crippen LogP contribution in [0.4, 0.5) is 29.9 Å². The van der Waals surface area contributed by atoms with Gasteiger partial charge in [0, 0.05) is 57.0 Å². The molecule has 1 saturated heterocycles. The SMILES string of the molecule is O=C(O)N1CC=C(c2nccn3c(N4CCC[C@@H](Nc5ncc(C(F)(F)F)cn5)C4)ncc23)CC1. The number of anilines is 2. The Morgan fingerprint density at radius 3 is 2.60 bits per heavy atom. The van der Waals surface area contributed by atoms with Crippen LogP contribution >= 0.6 is 0 Å². The molecule has 0 aromatic carbocycles. The van der Waals surface area contributed by atoms with Crippen molar-refractivity contribution in [1.29, 1.82) is 0 Å². The molecule has 0 bridgehead atoms. The molecule has 1 amide bonds. The number of carboxylic acid groups (broad SMARTS) is 1. The van der Waals surface area contributed by atoms with E-state index in [1.54, 1.807) is 12.4 Å². The van der Waals surface area contributed by atoms with Crippen LogP contribution < -0.4 is 10.2 Å². The number of aromatic nitrogens is 5. The minimum absolute atomic E-state index is 0.0581. The van der Waals surface area contributed by atoms with Gasteiger partial charge in [0.2, 0.25) is 11.9 Å². The summed E-state index contributed by atoms with van der Waals surface area (Å²) in [5, 5.41) is 12.3. The van der Waals surface area contributed by atoms with E-state index in [4.69, 9.17) is 0 Å². The lowest BCUT2D eigenvalue weighted by molar-refractivity contribution is -0.138. The van der Waals surface area contributed by atoms with Crippen molar-refractivity contribution >= 4 is 29.1 Å². The number of nitrogens with one attached hydrogen (secondary N) is 1. The van der Waals surface area contributed by atoms with E-state index in [-0.39, 0.29) is 12.0 Å². The Morgan fingerprint density at radius 2 is 1.91 bits per heavy atom. The third kappa shape index (κ3) is 4.70. The summed E-state index contributed by atoms with van der Waals surface area (Å²) in [6.45, 7) is 2.09. The van der Waals surface area contributed by atoms with Gasteiger partial charge in [-0.1, -0.05) is 6.08 Å². The summed E-state index contributed by atoms with van der Waals surface area (Å²) >= 11 is 0. The van der Waals surface area contributed by atoms with Gasteiger partial charge in [0.15, 0.2) is 0 Å². The van der Waals surface area contributed by atoms with Crippen molar-refractivity contribution in [1.82, 2.24) is 29.2 Å². The molecule has 0 spiro atoms. The van der Waals surface area contributed by atoms with Crippen LogP contribution in [0.5, 0.6) is 0 Å². The number of hydrogen-bond acceptors (Lipinski definition) is 7. The molecule has 13 heteroatoms. The van der Waals surface area contributed by atoms with E-state index in [1.165, 1.54) is 4.90 Å². The third-order valence-electron chi connectivity index (χ3n) is 6.24. The van der Waals surface area contributed by atoms with Crippen molar-refractivity contribution in [2.75, 3.05) is 36.4 Å². The maximum absolute atomic E-state index is 12.8. The van der Waals surface area contributed by atoms with Crippen molar-refractivity contribution in [2.24, 2.45) is 0 Å². The Bertz CT molecular complexity index is 1260. The number of fused-ring (bicyclic) bond motifs is 1. The molecule has 2 aliphatic rings. The van der Waals surface area contributed by atoms with E-state index in [0.29, 0.717) is 26.1 Å². The first-order valence-corrected chi connectivity index (χ1v) is 11.2. The van der Waals surface area contributed by atoms with Crippen LogP contribution in [0.15, 0.2) is 37.1 Å². The van der Waals surface area contributed by atoms with Crippen LogP contribution in [0.2, 0.25) is 0 Å². The predicted molar refractivity (Wildman–Crippen MR) is 121 cm³/mol. The zero-order valence-corrected chi connectivity index (χ0v) is 18.6. The second-order valence-electron chi connectivity index (χ2n) is 8.52. The molecule has 0 unspecified atom stereocenters. The van der Waals surface area contributed by atoms with Crippen LogP contribution in [-0.2, 0) is 6.18 Å². The van der Waals surface area contributed by atoms with E-state index in [1.807, 2.05) is 16.7 Å². The Hall–Kier alpha value is -3.90. The molecular weight excluding hydrogens is 465 g/mol. The molecule has 0 saturated carbocycles. The number of carbonyl (C=O) groups is 1. The van der Waals surface area contributed by atoms with Gasteiger partial charge < -0.3 is 20.2 Å². The van der Waals surface area contributed by atoms with Gasteiger partial charge >= 0.3 is 12.3 Å². The molecule has 10 nitrogen and oxygen atoms in total. The second-order valence-corrected chi connectivity index (χ2v) is 8.52. The lowest BCUT2D eigenvalue weighted by Crippen LogP contribution is -2.43. The molecule has 1 atom stereocenters. The fourth-order valence-corrected chi connectivity index (χ4v) is 4.46. The van der Waals surface area contributed by atoms with Gasteiger partial charge in [0.1, 0.15) is 0 Å². The molecule has 2 N–H and O–H groups in total. The molecule has 0 aliphatic carbocycles. The van der Waals surface area contributed by atoms with Gasteiger partial charge in [-0.15, -0.1) is 0 Å². The van der Waals surface area contributed by atoms with E-state index in [2.05, 4.69) is 30.2 Å². The van der Waals surface area contributed by atoms with Gasteiger partial charge in [0.25, 0.3) is 0 Å². The highest BCUT2D eigenvalue weighted by Gasteiger charge is 2.31. The van der Waals surface area contributed by atoms with Crippen molar-refractivity contribution in [3.05, 3.63) is 48.3 Å². The highest BCUT2D eigenvalue weighted by Crippen LogP contribution is 2.29. The molecule has 184 valence electrons. The number of hydrogen-bond donors (Lipinski definition) is 2. The Labute approximate surface area is 198 Å². The first-order chi connectivity index (χ1) is 16.8. The fraction of sp³-hybridized carbons (Fsp3) is 0.409. The van der Waals surface area contributed by atoms with Gasteiger partial charge in [-0.05, 0) is 24.8 Å². The zero-order chi connectivity index (χ0) is 24.6. The molecule has 5 rings (SSSR count). The molecule has 3 aromatic heterocycles. The Morgan fingerprint density at radius 1 is 1.11 bits per heavy atom. The average molecular weight is 488 g/mol. The number of halogens is 3. The lowest BCUT2D eigenvalue weighted by Gasteiger charge is -2.33. The monoisotopic (exact) mass is 488 g/mol. The van der Waals surface area contributed by atoms with Crippen LogP contribution in [0, 0.1) is 0 Å². The quantitative estimate of drug-likeness (QED) is 0.575. The third-order valence-corrected chi connectivity index (χ3v) is 6.24. The first-order valence-electron chi connectivity index (χ1n) is 11.2. The highest BCUT2D eigenvalue weighted by atomic mass is 19.4. The minimum Gasteiger partial charge on any atom is -0.465 e. The molecule has 3 aromatic rings. The maximum Gasteiger partial charge on any atom is 0.419 e. The second kappa shape index (κ2) is 9.04. The number of alkyl halides is 3. The largest absolute Gasteiger partial charge is 0.465 e. The molecule has 0 radical (unpaired) electrons. The van der Waals surface area contributed by atoms with E-state index >= 15 is 0 Å². The first kappa shape index (κ1) is 22.9. The van der Waals surface area contributed by atoms with Crippen molar-refractivity contribution in [3.8, 4) is 0 Å². The van der Waals surface area contributed by atoms with E-state index < -0.39 is 17.8 Å². The summed E-state index contributed by atoms with van der Waals surface area (Å²) in [5.41, 5.74) is 1.71. The number of imidazole rings is 1. The zero-order valence-electron chi connectivity index (χ0n) is 18.6. The van der Waals surface area contributed by atoms with Crippen LogP contribution in [0.3, 0.4) is 0 Å². The summed E-state index contributed by atoms with van der Waals surface area (Å²) in [6, 6.07) is -0.0581. The number of rotatable bonds is 4. The average Bonchev–Trinajstić information content (AvgIpc) is 3.28. The van der Waals surface area contributed by atoms with Crippen molar-refractivity contribution in [3.63, 3.8) is 0 Å². The summed E-state index contributed by atoms with van der Waals surface area (Å²) in [7, 11) is 0. The molecule has 2 aliphatic heterocycles. The highest BCUT2D eigenvalue weighted by molar-refractivity contribution is 5.78. The summed E-state index contributed by atoms with van der Waals surface area (Å²) in [5.74, 6) is 0.899. The van der Waals surface area contributed by atoms with E-state index in [0.717, 1.165) is 54.5 Å². The van der Waals surface area contributed by atoms with Gasteiger partial charge in [0.05, 0.1) is 23.0 Å². The fourth-order valence-electron chi connectivity index (χ4n) is 4.46. The Kier molecular flexibility index (Phi) is 5.91. The van der Waals surface area contributed by atoms with Crippen LogP contribution in [0.25, 0.3) is 11.1 Å². The summed E-state index contributed by atoms with van der Waals surface area (Å²) in [6.07, 6.45) is 5.60. The number of nitrogens with zero attached hydrogens (tertiary/aromatic N) is 7. The normalized spacial score (nSPS) is 19.1. The van der Waals surface area contributed by atoms with Crippen LogP contribution in [0.1, 0.15) is 30.5 Å². The number of amides is 1. The number of piperidine rings is 1. The minimum atomic E-state index is -4.47. The molecule has 5 heterocycles. The maximum atomic E-state index is 12.8. The van der Waals surface area contributed by atoms with Gasteiger partial charge in [-0.25, -0.2) is 19.7 Å². The topological polar surface area (TPSA) is 112 Å². The summed E-state index contributed by atoms with van der Waals surface area (Å²) in [4.78, 5) is 31.5. The van der Waals surface area contributed by atoms with Gasteiger partial charge in [-0.3, -0.25) is 9.38 Å². The van der Waals surface area contributed by atoms with Gasteiger partial charge in [-0.2, -0.15) is 13.2 Å². The Balaban J connectivity index is 1.32. The van der Waals surface area contributed by atoms with Crippen LogP contribution in [-0.4, -0.2) is 72.7 Å².